The van der Waals surface area contributed by atoms with Gasteiger partial charge in [-0.25, -0.2) is 4.98 Å². The molecule has 0 N–H and O–H groups in total. The van der Waals surface area contributed by atoms with Crippen LogP contribution in [0, 0.1) is 0 Å². The van der Waals surface area contributed by atoms with Gasteiger partial charge < -0.3 is 4.74 Å². The van der Waals surface area contributed by atoms with Crippen LogP contribution in [-0.4, -0.2) is 12.1 Å². The van der Waals surface area contributed by atoms with E-state index in [-0.39, 0.29) is 0 Å². The van der Waals surface area contributed by atoms with Gasteiger partial charge in [-0.3, -0.25) is 0 Å². The lowest BCUT2D eigenvalue weighted by atomic mass is 10.2. The first-order valence-corrected chi connectivity index (χ1v) is 3.40. The second-order valence-corrected chi connectivity index (χ2v) is 2.37. The van der Waals surface area contributed by atoms with Crippen molar-refractivity contribution in [3.05, 3.63) is 30.5 Å². The Bertz CT molecular complexity index is 251. The smallest absolute Gasteiger partial charge is 0.212 e. The normalized spacial score (nSPS) is 9.27. The number of pyridine rings is 1. The van der Waals surface area contributed by atoms with E-state index < -0.39 is 0 Å². The molecule has 0 aliphatic heterocycles. The van der Waals surface area contributed by atoms with Crippen molar-refractivity contribution in [2.45, 2.75) is 6.92 Å². The monoisotopic (exact) mass is 149 g/mol. The van der Waals surface area contributed by atoms with Crippen LogP contribution in [-0.2, 0) is 0 Å². The van der Waals surface area contributed by atoms with Crippen molar-refractivity contribution in [2.75, 3.05) is 7.11 Å². The summed E-state index contributed by atoms with van der Waals surface area (Å²) in [5, 5.41) is 0. The van der Waals surface area contributed by atoms with E-state index in [0.717, 1.165) is 11.1 Å². The summed E-state index contributed by atoms with van der Waals surface area (Å²) < 4.78 is 4.91. The minimum absolute atomic E-state index is 0.634. The molecule has 1 heterocycles. The van der Waals surface area contributed by atoms with E-state index in [4.69, 9.17) is 4.74 Å². The molecule has 2 heteroatoms. The summed E-state index contributed by atoms with van der Waals surface area (Å²) >= 11 is 0. The Labute approximate surface area is 66.5 Å². The van der Waals surface area contributed by atoms with Gasteiger partial charge in [0.25, 0.3) is 0 Å². The highest BCUT2D eigenvalue weighted by atomic mass is 16.5. The highest BCUT2D eigenvalue weighted by Gasteiger charge is 1.93. The van der Waals surface area contributed by atoms with Gasteiger partial charge in [0.1, 0.15) is 0 Å². The maximum absolute atomic E-state index is 4.91. The molecule has 0 atom stereocenters. The van der Waals surface area contributed by atoms with Crippen molar-refractivity contribution in [2.24, 2.45) is 0 Å². The van der Waals surface area contributed by atoms with Gasteiger partial charge in [-0.1, -0.05) is 6.58 Å². The van der Waals surface area contributed by atoms with Gasteiger partial charge in [-0.15, -0.1) is 0 Å². The zero-order valence-electron chi connectivity index (χ0n) is 6.79. The van der Waals surface area contributed by atoms with Crippen molar-refractivity contribution < 1.29 is 4.74 Å². The van der Waals surface area contributed by atoms with E-state index in [9.17, 15) is 0 Å². The molecule has 0 amide bonds. The first-order chi connectivity index (χ1) is 5.24. The Morgan fingerprint density at radius 3 is 2.64 bits per heavy atom. The molecule has 1 aromatic rings. The maximum atomic E-state index is 4.91. The molecular weight excluding hydrogens is 138 g/mol. The van der Waals surface area contributed by atoms with Crippen LogP contribution in [0.1, 0.15) is 12.5 Å². The third-order valence-electron chi connectivity index (χ3n) is 1.44. The van der Waals surface area contributed by atoms with Crippen molar-refractivity contribution in [1.29, 1.82) is 0 Å². The van der Waals surface area contributed by atoms with Gasteiger partial charge in [0.2, 0.25) is 5.88 Å². The standard InChI is InChI=1S/C9H11NO/c1-7(2)8-4-5-9(11-3)10-6-8/h4-6H,1H2,2-3H3. The van der Waals surface area contributed by atoms with E-state index in [1.54, 1.807) is 13.3 Å². The first-order valence-electron chi connectivity index (χ1n) is 3.40. The Kier molecular flexibility index (Phi) is 2.26. The zero-order valence-corrected chi connectivity index (χ0v) is 6.79. The van der Waals surface area contributed by atoms with Crippen LogP contribution in [0.2, 0.25) is 0 Å². The van der Waals surface area contributed by atoms with Gasteiger partial charge >= 0.3 is 0 Å². The Morgan fingerprint density at radius 2 is 2.27 bits per heavy atom. The van der Waals surface area contributed by atoms with Crippen molar-refractivity contribution in [1.82, 2.24) is 4.98 Å². The van der Waals surface area contributed by atoms with Crippen LogP contribution in [0.15, 0.2) is 24.9 Å². The average molecular weight is 149 g/mol. The molecule has 0 saturated heterocycles. The summed E-state index contributed by atoms with van der Waals surface area (Å²) in [5.41, 5.74) is 2.06. The SMILES string of the molecule is C=C(C)c1ccc(OC)nc1. The van der Waals surface area contributed by atoms with Crippen molar-refractivity contribution >= 4 is 5.57 Å². The lowest BCUT2D eigenvalue weighted by molar-refractivity contribution is 0.398. The number of rotatable bonds is 2. The van der Waals surface area contributed by atoms with Gasteiger partial charge in [-0.2, -0.15) is 0 Å². The van der Waals surface area contributed by atoms with Crippen LogP contribution in [0.3, 0.4) is 0 Å². The molecule has 0 bridgehead atoms. The molecular formula is C9H11NO. The summed E-state index contributed by atoms with van der Waals surface area (Å²) in [6.07, 6.45) is 1.75. The summed E-state index contributed by atoms with van der Waals surface area (Å²) in [6.45, 7) is 5.75. The van der Waals surface area contributed by atoms with Gasteiger partial charge in [0.05, 0.1) is 7.11 Å². The third-order valence-corrected chi connectivity index (χ3v) is 1.44. The molecule has 0 spiro atoms. The number of aromatic nitrogens is 1. The number of methoxy groups -OCH3 is 1. The fraction of sp³-hybridized carbons (Fsp3) is 0.222. The summed E-state index contributed by atoms with van der Waals surface area (Å²) in [4.78, 5) is 4.04. The largest absolute Gasteiger partial charge is 0.481 e. The van der Waals surface area contributed by atoms with Gasteiger partial charge in [0.15, 0.2) is 0 Å². The topological polar surface area (TPSA) is 22.1 Å². The molecule has 1 rings (SSSR count). The van der Waals surface area contributed by atoms with Crippen LogP contribution >= 0.6 is 0 Å². The molecule has 0 aliphatic rings. The average Bonchev–Trinajstić information content (AvgIpc) is 2.05. The van der Waals surface area contributed by atoms with Gasteiger partial charge in [-0.05, 0) is 24.1 Å². The fourth-order valence-corrected chi connectivity index (χ4v) is 0.753. The minimum atomic E-state index is 0.634. The second-order valence-electron chi connectivity index (χ2n) is 2.37. The minimum Gasteiger partial charge on any atom is -0.481 e. The number of allylic oxidation sites excluding steroid dienone is 1. The molecule has 0 unspecified atom stereocenters. The number of hydrogen-bond acceptors (Lipinski definition) is 2. The quantitative estimate of drug-likeness (QED) is 0.642. The summed E-state index contributed by atoms with van der Waals surface area (Å²) in [6, 6.07) is 3.76. The molecule has 58 valence electrons. The molecule has 0 aliphatic carbocycles. The van der Waals surface area contributed by atoms with Crippen LogP contribution < -0.4 is 4.74 Å². The molecule has 1 aromatic heterocycles. The zero-order chi connectivity index (χ0) is 8.27. The molecule has 0 radical (unpaired) electrons. The second kappa shape index (κ2) is 3.19. The molecule has 11 heavy (non-hydrogen) atoms. The fourth-order valence-electron chi connectivity index (χ4n) is 0.753. The summed E-state index contributed by atoms with van der Waals surface area (Å²) in [5.74, 6) is 0.634. The maximum Gasteiger partial charge on any atom is 0.212 e. The molecule has 0 aromatic carbocycles. The van der Waals surface area contributed by atoms with E-state index >= 15 is 0 Å². The predicted octanol–water partition coefficient (Wildman–Crippen LogP) is 2.12. The van der Waals surface area contributed by atoms with Crippen molar-refractivity contribution in [3.63, 3.8) is 0 Å². The van der Waals surface area contributed by atoms with Crippen molar-refractivity contribution in [3.8, 4) is 5.88 Å². The van der Waals surface area contributed by atoms with E-state index in [0.29, 0.717) is 5.88 Å². The van der Waals surface area contributed by atoms with E-state index in [2.05, 4.69) is 11.6 Å². The number of hydrogen-bond donors (Lipinski definition) is 0. The first kappa shape index (κ1) is 7.79. The Balaban J connectivity index is 2.91. The van der Waals surface area contributed by atoms with E-state index in [1.165, 1.54) is 0 Å². The predicted molar refractivity (Wildman–Crippen MR) is 45.5 cm³/mol. The lowest BCUT2D eigenvalue weighted by Gasteiger charge is -2.00. The highest BCUT2D eigenvalue weighted by molar-refractivity contribution is 5.60. The highest BCUT2D eigenvalue weighted by Crippen LogP contribution is 2.12. The molecule has 2 nitrogen and oxygen atoms in total. The lowest BCUT2D eigenvalue weighted by Crippen LogP contribution is -1.87. The third kappa shape index (κ3) is 1.80. The summed E-state index contributed by atoms with van der Waals surface area (Å²) in [7, 11) is 1.60. The van der Waals surface area contributed by atoms with Gasteiger partial charge in [0, 0.05) is 12.3 Å². The molecule has 0 saturated carbocycles. The Morgan fingerprint density at radius 1 is 1.55 bits per heavy atom. The van der Waals surface area contributed by atoms with Crippen LogP contribution in [0.5, 0.6) is 5.88 Å². The molecule has 0 fully saturated rings. The van der Waals surface area contributed by atoms with E-state index in [1.807, 2.05) is 19.1 Å². The van der Waals surface area contributed by atoms with Crippen LogP contribution in [0.4, 0.5) is 0 Å². The number of ether oxygens (including phenoxy) is 1. The Hall–Kier alpha value is -1.31. The number of nitrogens with zero attached hydrogens (tertiary/aromatic N) is 1. The van der Waals surface area contributed by atoms with Crippen LogP contribution in [0.25, 0.3) is 5.57 Å².